The number of aromatic nitrogens is 2. The molecule has 0 radical (unpaired) electrons. The molecule has 2 aromatic rings. The molecule has 0 fully saturated rings. The number of nitrogens with two attached hydrogens (primary N) is 1. The van der Waals surface area contributed by atoms with E-state index in [1.165, 1.54) is 0 Å². The predicted molar refractivity (Wildman–Crippen MR) is 52.3 cm³/mol. The number of aromatic amines is 1. The Balaban J connectivity index is 2.76. The maximum atomic E-state index is 10.9. The van der Waals surface area contributed by atoms with Crippen molar-refractivity contribution in [3.05, 3.63) is 28.5 Å². The Bertz CT molecular complexity index is 477. The number of nitrogens with zero attached hydrogens (tertiary/aromatic N) is 1. The summed E-state index contributed by atoms with van der Waals surface area (Å²) in [6, 6.07) is 3.56. The third-order valence-electron chi connectivity index (χ3n) is 1.77. The van der Waals surface area contributed by atoms with Crippen molar-refractivity contribution in [2.24, 2.45) is 5.73 Å². The van der Waals surface area contributed by atoms with Gasteiger partial charge in [0.15, 0.2) is 0 Å². The summed E-state index contributed by atoms with van der Waals surface area (Å²) < 4.78 is 0.720. The minimum absolute atomic E-state index is 0.449. The molecule has 0 atom stereocenters. The van der Waals surface area contributed by atoms with Gasteiger partial charge in [0.1, 0.15) is 10.3 Å². The van der Waals surface area contributed by atoms with Crippen molar-refractivity contribution in [1.29, 1.82) is 0 Å². The molecule has 2 aromatic heterocycles. The first-order valence-electron chi connectivity index (χ1n) is 3.62. The predicted octanol–water partition coefficient (Wildman–Crippen LogP) is 1.42. The zero-order valence-corrected chi connectivity index (χ0v) is 8.13. The Hall–Kier alpha value is -1.36. The number of fused-ring (bicyclic) bond motifs is 1. The average Bonchev–Trinajstić information content (AvgIpc) is 2.46. The fourth-order valence-electron chi connectivity index (χ4n) is 1.18. The van der Waals surface area contributed by atoms with Crippen LogP contribution in [0.15, 0.2) is 22.9 Å². The standard InChI is InChI=1S/C8H6BrN3O/c9-6-2-1-4-5(7(10)13)3-11-8(4)12-6/h1-3H,(H2,10,13)(H,11,12). The van der Waals surface area contributed by atoms with Gasteiger partial charge in [0.25, 0.3) is 5.91 Å². The minimum atomic E-state index is -0.449. The van der Waals surface area contributed by atoms with E-state index in [1.54, 1.807) is 18.3 Å². The normalized spacial score (nSPS) is 10.5. The van der Waals surface area contributed by atoms with Gasteiger partial charge >= 0.3 is 0 Å². The number of primary amides is 1. The van der Waals surface area contributed by atoms with Crippen molar-refractivity contribution in [3.63, 3.8) is 0 Å². The first kappa shape index (κ1) is 8.25. The van der Waals surface area contributed by atoms with Gasteiger partial charge in [0, 0.05) is 11.6 Å². The maximum absolute atomic E-state index is 10.9. The highest BCUT2D eigenvalue weighted by atomic mass is 79.9. The van der Waals surface area contributed by atoms with Crippen LogP contribution >= 0.6 is 15.9 Å². The average molecular weight is 240 g/mol. The fourth-order valence-corrected chi connectivity index (χ4v) is 1.49. The number of hydrogen-bond donors (Lipinski definition) is 2. The van der Waals surface area contributed by atoms with Gasteiger partial charge in [-0.25, -0.2) is 4.98 Å². The van der Waals surface area contributed by atoms with Crippen LogP contribution in [0.1, 0.15) is 10.4 Å². The molecule has 3 N–H and O–H groups in total. The Labute approximate surface area is 82.3 Å². The molecule has 1 amide bonds. The van der Waals surface area contributed by atoms with Crippen molar-refractivity contribution >= 4 is 32.9 Å². The Morgan fingerprint density at radius 2 is 2.31 bits per heavy atom. The van der Waals surface area contributed by atoms with E-state index in [1.807, 2.05) is 0 Å². The third-order valence-corrected chi connectivity index (χ3v) is 2.21. The van der Waals surface area contributed by atoms with E-state index in [2.05, 4.69) is 25.9 Å². The molecule has 0 aliphatic carbocycles. The first-order valence-corrected chi connectivity index (χ1v) is 4.41. The number of pyridine rings is 1. The molecule has 2 heterocycles. The number of rotatable bonds is 1. The molecule has 0 aliphatic heterocycles. The van der Waals surface area contributed by atoms with Gasteiger partial charge in [-0.05, 0) is 28.1 Å². The fraction of sp³-hybridized carbons (Fsp3) is 0. The summed E-state index contributed by atoms with van der Waals surface area (Å²) in [6.45, 7) is 0. The van der Waals surface area contributed by atoms with Crippen molar-refractivity contribution in [2.45, 2.75) is 0 Å². The number of hydrogen-bond acceptors (Lipinski definition) is 2. The monoisotopic (exact) mass is 239 g/mol. The molecular weight excluding hydrogens is 234 g/mol. The van der Waals surface area contributed by atoms with Crippen LogP contribution in [-0.2, 0) is 0 Å². The number of carbonyl (C=O) groups excluding carboxylic acids is 1. The van der Waals surface area contributed by atoms with Crippen LogP contribution in [0.25, 0.3) is 11.0 Å². The van der Waals surface area contributed by atoms with Crippen LogP contribution in [0.3, 0.4) is 0 Å². The number of H-pyrrole nitrogens is 1. The molecule has 0 aromatic carbocycles. The van der Waals surface area contributed by atoms with Gasteiger partial charge in [0.05, 0.1) is 5.56 Å². The number of halogens is 1. The molecule has 0 saturated heterocycles. The summed E-state index contributed by atoms with van der Waals surface area (Å²) >= 11 is 3.23. The highest BCUT2D eigenvalue weighted by Gasteiger charge is 2.08. The van der Waals surface area contributed by atoms with E-state index in [9.17, 15) is 4.79 Å². The summed E-state index contributed by atoms with van der Waals surface area (Å²) in [5, 5.41) is 0.746. The van der Waals surface area contributed by atoms with Crippen molar-refractivity contribution in [1.82, 2.24) is 9.97 Å². The van der Waals surface area contributed by atoms with Crippen LogP contribution in [0.5, 0.6) is 0 Å². The molecule has 0 spiro atoms. The van der Waals surface area contributed by atoms with Gasteiger partial charge in [-0.3, -0.25) is 4.79 Å². The zero-order valence-electron chi connectivity index (χ0n) is 6.54. The third kappa shape index (κ3) is 1.31. The number of amides is 1. The molecule has 4 nitrogen and oxygen atoms in total. The molecule has 2 rings (SSSR count). The topological polar surface area (TPSA) is 71.8 Å². The van der Waals surface area contributed by atoms with Crippen LogP contribution in [0.2, 0.25) is 0 Å². The molecule has 13 heavy (non-hydrogen) atoms. The molecule has 0 unspecified atom stereocenters. The summed E-state index contributed by atoms with van der Waals surface area (Å²) in [6.07, 6.45) is 1.56. The van der Waals surface area contributed by atoms with Crippen LogP contribution in [0.4, 0.5) is 0 Å². The van der Waals surface area contributed by atoms with Crippen LogP contribution in [-0.4, -0.2) is 15.9 Å². The molecule has 0 aliphatic rings. The molecule has 0 bridgehead atoms. The van der Waals surface area contributed by atoms with Gasteiger partial charge in [0.2, 0.25) is 0 Å². The van der Waals surface area contributed by atoms with E-state index >= 15 is 0 Å². The number of carbonyl (C=O) groups is 1. The summed E-state index contributed by atoms with van der Waals surface area (Å²) in [5.74, 6) is -0.449. The molecular formula is C8H6BrN3O. The maximum Gasteiger partial charge on any atom is 0.250 e. The second-order valence-electron chi connectivity index (χ2n) is 2.60. The summed E-state index contributed by atoms with van der Waals surface area (Å²) in [4.78, 5) is 17.9. The van der Waals surface area contributed by atoms with Crippen molar-refractivity contribution in [2.75, 3.05) is 0 Å². The lowest BCUT2D eigenvalue weighted by atomic mass is 10.2. The highest BCUT2D eigenvalue weighted by Crippen LogP contribution is 2.18. The lowest BCUT2D eigenvalue weighted by Crippen LogP contribution is -2.09. The van der Waals surface area contributed by atoms with E-state index in [0.717, 1.165) is 9.99 Å². The van der Waals surface area contributed by atoms with E-state index in [0.29, 0.717) is 11.2 Å². The van der Waals surface area contributed by atoms with E-state index in [-0.39, 0.29) is 0 Å². The second-order valence-corrected chi connectivity index (χ2v) is 3.41. The zero-order chi connectivity index (χ0) is 9.42. The minimum Gasteiger partial charge on any atom is -0.366 e. The lowest BCUT2D eigenvalue weighted by Gasteiger charge is -1.92. The summed E-state index contributed by atoms with van der Waals surface area (Å²) in [5.41, 5.74) is 6.29. The highest BCUT2D eigenvalue weighted by molar-refractivity contribution is 9.10. The molecule has 0 saturated carbocycles. The Morgan fingerprint density at radius 3 is 3.00 bits per heavy atom. The first-order chi connectivity index (χ1) is 6.18. The largest absolute Gasteiger partial charge is 0.366 e. The van der Waals surface area contributed by atoms with Crippen molar-refractivity contribution in [3.8, 4) is 0 Å². The molecule has 66 valence electrons. The quantitative estimate of drug-likeness (QED) is 0.740. The van der Waals surface area contributed by atoms with Gasteiger partial charge in [-0.15, -0.1) is 0 Å². The van der Waals surface area contributed by atoms with Gasteiger partial charge < -0.3 is 10.7 Å². The van der Waals surface area contributed by atoms with Crippen molar-refractivity contribution < 1.29 is 4.79 Å². The van der Waals surface area contributed by atoms with E-state index in [4.69, 9.17) is 5.73 Å². The van der Waals surface area contributed by atoms with E-state index < -0.39 is 5.91 Å². The van der Waals surface area contributed by atoms with Crippen LogP contribution < -0.4 is 5.73 Å². The van der Waals surface area contributed by atoms with Gasteiger partial charge in [-0.1, -0.05) is 0 Å². The smallest absolute Gasteiger partial charge is 0.250 e. The van der Waals surface area contributed by atoms with Crippen LogP contribution in [0, 0.1) is 0 Å². The number of nitrogens with one attached hydrogen (secondary N) is 1. The molecule has 5 heteroatoms. The summed E-state index contributed by atoms with van der Waals surface area (Å²) in [7, 11) is 0. The van der Waals surface area contributed by atoms with Gasteiger partial charge in [-0.2, -0.15) is 0 Å². The Kier molecular flexibility index (Phi) is 1.81. The Morgan fingerprint density at radius 1 is 1.54 bits per heavy atom. The lowest BCUT2D eigenvalue weighted by molar-refractivity contribution is 0.100. The second kappa shape index (κ2) is 2.85. The SMILES string of the molecule is NC(=O)c1c[nH]c2nc(Br)ccc12.